The van der Waals surface area contributed by atoms with Crippen LogP contribution < -0.4 is 5.32 Å². The fraction of sp³-hybridized carbons (Fsp3) is 0.375. The Morgan fingerprint density at radius 2 is 2.45 bits per heavy atom. The van der Waals surface area contributed by atoms with Gasteiger partial charge in [0.15, 0.2) is 0 Å². The molecule has 0 spiro atoms. The molecule has 1 aromatic rings. The molecule has 2 N–H and O–H groups in total. The van der Waals surface area contributed by atoms with Crippen molar-refractivity contribution in [3.63, 3.8) is 0 Å². The van der Waals surface area contributed by atoms with E-state index in [0.29, 0.717) is 12.2 Å². The van der Waals surface area contributed by atoms with Crippen LogP contribution in [0.3, 0.4) is 0 Å². The van der Waals surface area contributed by atoms with Crippen LogP contribution in [0.25, 0.3) is 0 Å². The predicted molar refractivity (Wildman–Crippen MR) is 43.5 cm³/mol. The van der Waals surface area contributed by atoms with E-state index in [1.165, 1.54) is 0 Å². The minimum absolute atomic E-state index is 0.0324. The molecule has 11 heavy (non-hydrogen) atoms. The van der Waals surface area contributed by atoms with Crippen molar-refractivity contribution in [2.75, 3.05) is 6.54 Å². The largest absolute Gasteiger partial charge is 0.357 e. The molecule has 0 atom stereocenters. The van der Waals surface area contributed by atoms with Gasteiger partial charge >= 0.3 is 0 Å². The molecule has 0 saturated heterocycles. The van der Waals surface area contributed by atoms with Crippen molar-refractivity contribution in [3.05, 3.63) is 23.5 Å². The Labute approximate surface area is 65.8 Å². The Kier molecular flexibility index (Phi) is 2.31. The molecule has 0 aliphatic carbocycles. The summed E-state index contributed by atoms with van der Waals surface area (Å²) < 4.78 is 0. The number of hydrogen-bond donors (Lipinski definition) is 2. The van der Waals surface area contributed by atoms with Gasteiger partial charge in [0.25, 0.3) is 5.91 Å². The summed E-state index contributed by atoms with van der Waals surface area (Å²) in [5.41, 5.74) is 1.64. The van der Waals surface area contributed by atoms with E-state index in [4.69, 9.17) is 0 Å². The molecule has 1 aromatic heterocycles. The summed E-state index contributed by atoms with van der Waals surface area (Å²) in [5, 5.41) is 2.72. The molecule has 0 aliphatic heterocycles. The van der Waals surface area contributed by atoms with E-state index in [1.807, 2.05) is 19.9 Å². The third-order valence-corrected chi connectivity index (χ3v) is 1.52. The number of carbonyl (C=O) groups is 1. The molecule has 0 radical (unpaired) electrons. The SMILES string of the molecule is CCNC(=O)c1[nH]ccc1C. The van der Waals surface area contributed by atoms with Crippen molar-refractivity contribution < 1.29 is 4.79 Å². The zero-order valence-electron chi connectivity index (χ0n) is 6.77. The number of rotatable bonds is 2. The molecule has 1 rings (SSSR count). The monoisotopic (exact) mass is 152 g/mol. The summed E-state index contributed by atoms with van der Waals surface area (Å²) in [7, 11) is 0. The van der Waals surface area contributed by atoms with Gasteiger partial charge in [0.2, 0.25) is 0 Å². The number of nitrogens with one attached hydrogen (secondary N) is 2. The Morgan fingerprint density at radius 3 is 2.91 bits per heavy atom. The minimum Gasteiger partial charge on any atom is -0.357 e. The van der Waals surface area contributed by atoms with Crippen LogP contribution in [0.15, 0.2) is 12.3 Å². The van der Waals surface area contributed by atoms with E-state index in [-0.39, 0.29) is 5.91 Å². The number of aromatic amines is 1. The Hall–Kier alpha value is -1.25. The first-order valence-corrected chi connectivity index (χ1v) is 3.68. The molecule has 0 unspecified atom stereocenters. The number of hydrogen-bond acceptors (Lipinski definition) is 1. The van der Waals surface area contributed by atoms with Gasteiger partial charge in [-0.05, 0) is 25.5 Å². The zero-order chi connectivity index (χ0) is 8.27. The summed E-state index contributed by atoms with van der Waals surface area (Å²) >= 11 is 0. The standard InChI is InChI=1S/C8H12N2O/c1-3-9-8(11)7-6(2)4-5-10-7/h4-5,10H,3H2,1-2H3,(H,9,11). The quantitative estimate of drug-likeness (QED) is 0.654. The first kappa shape index (κ1) is 7.85. The van der Waals surface area contributed by atoms with Gasteiger partial charge < -0.3 is 10.3 Å². The third-order valence-electron chi connectivity index (χ3n) is 1.52. The lowest BCUT2D eigenvalue weighted by atomic mass is 10.2. The maximum Gasteiger partial charge on any atom is 0.267 e. The molecule has 0 fully saturated rings. The molecule has 1 amide bonds. The molecular weight excluding hydrogens is 140 g/mol. The van der Waals surface area contributed by atoms with Crippen molar-refractivity contribution in [1.82, 2.24) is 10.3 Å². The van der Waals surface area contributed by atoms with E-state index < -0.39 is 0 Å². The van der Waals surface area contributed by atoms with E-state index in [9.17, 15) is 4.79 Å². The molecule has 0 saturated carbocycles. The van der Waals surface area contributed by atoms with Gasteiger partial charge in [-0.15, -0.1) is 0 Å². The van der Waals surface area contributed by atoms with Crippen LogP contribution in [-0.4, -0.2) is 17.4 Å². The number of amides is 1. The van der Waals surface area contributed by atoms with Crippen LogP contribution in [0, 0.1) is 6.92 Å². The van der Waals surface area contributed by atoms with E-state index >= 15 is 0 Å². The predicted octanol–water partition coefficient (Wildman–Crippen LogP) is 1.07. The normalized spacial score (nSPS) is 9.64. The van der Waals surface area contributed by atoms with Crippen molar-refractivity contribution in [1.29, 1.82) is 0 Å². The van der Waals surface area contributed by atoms with Crippen LogP contribution in [0.1, 0.15) is 23.0 Å². The van der Waals surface area contributed by atoms with Crippen molar-refractivity contribution >= 4 is 5.91 Å². The highest BCUT2D eigenvalue weighted by molar-refractivity contribution is 5.93. The second kappa shape index (κ2) is 3.23. The van der Waals surface area contributed by atoms with Crippen LogP contribution in [0.2, 0.25) is 0 Å². The lowest BCUT2D eigenvalue weighted by molar-refractivity contribution is 0.0951. The lowest BCUT2D eigenvalue weighted by Gasteiger charge is -1.99. The second-order valence-corrected chi connectivity index (χ2v) is 2.40. The summed E-state index contributed by atoms with van der Waals surface area (Å²) in [6.45, 7) is 4.47. The van der Waals surface area contributed by atoms with Gasteiger partial charge in [0.05, 0.1) is 0 Å². The topological polar surface area (TPSA) is 44.9 Å². The lowest BCUT2D eigenvalue weighted by Crippen LogP contribution is -2.23. The summed E-state index contributed by atoms with van der Waals surface area (Å²) in [4.78, 5) is 14.1. The fourth-order valence-electron chi connectivity index (χ4n) is 0.941. The maximum absolute atomic E-state index is 11.2. The van der Waals surface area contributed by atoms with Gasteiger partial charge in [-0.3, -0.25) is 4.79 Å². The first-order valence-electron chi connectivity index (χ1n) is 3.68. The molecule has 1 heterocycles. The van der Waals surface area contributed by atoms with Gasteiger partial charge in [-0.2, -0.15) is 0 Å². The van der Waals surface area contributed by atoms with Gasteiger partial charge in [-0.25, -0.2) is 0 Å². The highest BCUT2D eigenvalue weighted by Crippen LogP contribution is 2.03. The molecule has 3 nitrogen and oxygen atoms in total. The van der Waals surface area contributed by atoms with Crippen LogP contribution in [0.4, 0.5) is 0 Å². The smallest absolute Gasteiger partial charge is 0.267 e. The highest BCUT2D eigenvalue weighted by Gasteiger charge is 2.06. The maximum atomic E-state index is 11.2. The fourth-order valence-corrected chi connectivity index (χ4v) is 0.941. The number of aromatic nitrogens is 1. The molecule has 0 bridgehead atoms. The summed E-state index contributed by atoms with van der Waals surface area (Å²) in [6.07, 6.45) is 1.76. The van der Waals surface area contributed by atoms with Gasteiger partial charge in [-0.1, -0.05) is 0 Å². The average molecular weight is 152 g/mol. The van der Waals surface area contributed by atoms with Gasteiger partial charge in [0.1, 0.15) is 5.69 Å². The Bertz CT molecular complexity index is 252. The average Bonchev–Trinajstić information content (AvgIpc) is 2.36. The number of H-pyrrole nitrogens is 1. The molecular formula is C8H12N2O. The molecule has 0 aromatic carbocycles. The second-order valence-electron chi connectivity index (χ2n) is 2.40. The van der Waals surface area contributed by atoms with Crippen molar-refractivity contribution in [3.8, 4) is 0 Å². The van der Waals surface area contributed by atoms with Crippen LogP contribution in [-0.2, 0) is 0 Å². The molecule has 60 valence electrons. The Morgan fingerprint density at radius 1 is 1.73 bits per heavy atom. The first-order chi connectivity index (χ1) is 5.25. The van der Waals surface area contributed by atoms with Crippen molar-refractivity contribution in [2.45, 2.75) is 13.8 Å². The zero-order valence-corrected chi connectivity index (χ0v) is 6.77. The molecule has 3 heteroatoms. The minimum atomic E-state index is -0.0324. The van der Waals surface area contributed by atoms with Crippen LogP contribution >= 0.6 is 0 Å². The Balaban J connectivity index is 2.76. The van der Waals surface area contributed by atoms with Gasteiger partial charge in [0, 0.05) is 12.7 Å². The van der Waals surface area contributed by atoms with E-state index in [1.54, 1.807) is 6.20 Å². The van der Waals surface area contributed by atoms with Crippen LogP contribution in [0.5, 0.6) is 0 Å². The van der Waals surface area contributed by atoms with E-state index in [0.717, 1.165) is 5.56 Å². The van der Waals surface area contributed by atoms with E-state index in [2.05, 4.69) is 10.3 Å². The summed E-state index contributed by atoms with van der Waals surface area (Å²) in [5.74, 6) is -0.0324. The summed E-state index contributed by atoms with van der Waals surface area (Å²) in [6, 6.07) is 1.88. The highest BCUT2D eigenvalue weighted by atomic mass is 16.1. The molecule has 0 aliphatic rings. The van der Waals surface area contributed by atoms with Crippen molar-refractivity contribution in [2.24, 2.45) is 0 Å². The number of carbonyl (C=O) groups excluding carboxylic acids is 1. The third kappa shape index (κ3) is 1.61. The number of aryl methyl sites for hydroxylation is 1.